The molecule has 4 rings (SSSR count). The topological polar surface area (TPSA) is 89.6 Å². The highest BCUT2D eigenvalue weighted by molar-refractivity contribution is 6.01. The average molecular weight is 299 g/mol. The van der Waals surface area contributed by atoms with Crippen molar-refractivity contribution in [2.45, 2.75) is 25.8 Å². The predicted molar refractivity (Wildman–Crippen MR) is 78.7 cm³/mol. The van der Waals surface area contributed by atoms with E-state index < -0.39 is 11.7 Å². The Kier molecular flexibility index (Phi) is 2.75. The average Bonchev–Trinajstić information content (AvgIpc) is 3.11. The van der Waals surface area contributed by atoms with E-state index in [4.69, 9.17) is 5.73 Å². The highest BCUT2D eigenvalue weighted by Crippen LogP contribution is 2.31. The van der Waals surface area contributed by atoms with Crippen LogP contribution in [0.1, 0.15) is 28.9 Å². The number of fused-ring (bicyclic) bond motifs is 2. The van der Waals surface area contributed by atoms with Gasteiger partial charge < -0.3 is 5.73 Å². The highest BCUT2D eigenvalue weighted by atomic mass is 19.1. The molecular formula is C15H14FN5O. The van der Waals surface area contributed by atoms with Gasteiger partial charge in [0.05, 0.1) is 28.4 Å². The van der Waals surface area contributed by atoms with Crippen molar-refractivity contribution in [2.24, 2.45) is 5.73 Å². The molecule has 1 aromatic carbocycles. The van der Waals surface area contributed by atoms with E-state index >= 15 is 0 Å². The Morgan fingerprint density at radius 2 is 2.23 bits per heavy atom. The number of aromatic amines is 1. The molecule has 0 radical (unpaired) electrons. The van der Waals surface area contributed by atoms with Gasteiger partial charge in [0.1, 0.15) is 11.5 Å². The number of nitrogens with zero attached hydrogens (tertiary/aromatic N) is 3. The standard InChI is InChI=1S/C15H14FN5O/c16-10-5-8(6-11-9(10)7-18-19-11)14-13(15(17)22)12-3-1-2-4-21(12)20-14/h5-7H,1-4H2,(H2,17,22)(H,18,19). The van der Waals surface area contributed by atoms with Crippen LogP contribution in [-0.4, -0.2) is 25.9 Å². The first-order chi connectivity index (χ1) is 10.6. The molecule has 6 nitrogen and oxygen atoms in total. The lowest BCUT2D eigenvalue weighted by Crippen LogP contribution is -2.17. The lowest BCUT2D eigenvalue weighted by Gasteiger charge is -2.13. The van der Waals surface area contributed by atoms with Crippen LogP contribution in [0.5, 0.6) is 0 Å². The summed E-state index contributed by atoms with van der Waals surface area (Å²) in [6, 6.07) is 3.12. The maximum atomic E-state index is 14.2. The largest absolute Gasteiger partial charge is 0.365 e. The maximum absolute atomic E-state index is 14.2. The summed E-state index contributed by atoms with van der Waals surface area (Å²) >= 11 is 0. The van der Waals surface area contributed by atoms with E-state index in [1.165, 1.54) is 12.3 Å². The number of primary amides is 1. The van der Waals surface area contributed by atoms with Crippen LogP contribution >= 0.6 is 0 Å². The molecule has 22 heavy (non-hydrogen) atoms. The Bertz CT molecular complexity index is 895. The number of carbonyl (C=O) groups excluding carboxylic acids is 1. The number of aryl methyl sites for hydroxylation is 1. The minimum absolute atomic E-state index is 0.400. The van der Waals surface area contributed by atoms with Crippen LogP contribution in [0, 0.1) is 5.82 Å². The van der Waals surface area contributed by atoms with E-state index in [1.54, 1.807) is 6.07 Å². The lowest BCUT2D eigenvalue weighted by atomic mass is 10.0. The third-order valence-electron chi connectivity index (χ3n) is 4.12. The third kappa shape index (κ3) is 1.82. The molecule has 3 aromatic rings. The number of hydrogen-bond donors (Lipinski definition) is 2. The van der Waals surface area contributed by atoms with Crippen LogP contribution in [0.15, 0.2) is 18.3 Å². The van der Waals surface area contributed by atoms with Gasteiger partial charge >= 0.3 is 0 Å². The van der Waals surface area contributed by atoms with Gasteiger partial charge in [0.2, 0.25) is 0 Å². The van der Waals surface area contributed by atoms with Gasteiger partial charge in [0.25, 0.3) is 5.91 Å². The van der Waals surface area contributed by atoms with Gasteiger partial charge in [0.15, 0.2) is 0 Å². The molecule has 1 aliphatic heterocycles. The summed E-state index contributed by atoms with van der Waals surface area (Å²) in [7, 11) is 0. The second kappa shape index (κ2) is 4.66. The fourth-order valence-corrected chi connectivity index (χ4v) is 3.10. The van der Waals surface area contributed by atoms with E-state index in [0.717, 1.165) is 31.5 Å². The molecule has 2 aromatic heterocycles. The minimum atomic E-state index is -0.525. The first kappa shape index (κ1) is 13.0. The molecule has 0 fully saturated rings. The van der Waals surface area contributed by atoms with Gasteiger partial charge in [0, 0.05) is 12.1 Å². The number of amides is 1. The molecule has 0 spiro atoms. The van der Waals surface area contributed by atoms with Crippen LogP contribution in [0.3, 0.4) is 0 Å². The van der Waals surface area contributed by atoms with Crippen molar-refractivity contribution < 1.29 is 9.18 Å². The fourth-order valence-electron chi connectivity index (χ4n) is 3.10. The van der Waals surface area contributed by atoms with Crippen molar-refractivity contribution in [1.82, 2.24) is 20.0 Å². The Labute approximate surface area is 125 Å². The van der Waals surface area contributed by atoms with Gasteiger partial charge in [-0.15, -0.1) is 0 Å². The van der Waals surface area contributed by atoms with E-state index in [-0.39, 0.29) is 0 Å². The predicted octanol–water partition coefficient (Wildman–Crippen LogP) is 2.00. The summed E-state index contributed by atoms with van der Waals surface area (Å²) in [6.07, 6.45) is 4.21. The molecule has 112 valence electrons. The normalized spacial score (nSPS) is 14.2. The van der Waals surface area contributed by atoms with E-state index in [1.807, 2.05) is 4.68 Å². The van der Waals surface area contributed by atoms with Gasteiger partial charge in [-0.1, -0.05) is 0 Å². The highest BCUT2D eigenvalue weighted by Gasteiger charge is 2.25. The SMILES string of the molecule is NC(=O)c1c(-c2cc(F)c3cn[nH]c3c2)nn2c1CCCC2. The van der Waals surface area contributed by atoms with Crippen LogP contribution in [-0.2, 0) is 13.0 Å². The summed E-state index contributed by atoms with van der Waals surface area (Å²) in [6.45, 7) is 0.754. The Hall–Kier alpha value is -2.70. The van der Waals surface area contributed by atoms with Crippen molar-refractivity contribution in [3.05, 3.63) is 35.4 Å². The van der Waals surface area contributed by atoms with Crippen molar-refractivity contribution in [1.29, 1.82) is 0 Å². The van der Waals surface area contributed by atoms with E-state index in [2.05, 4.69) is 15.3 Å². The van der Waals surface area contributed by atoms with Gasteiger partial charge in [-0.25, -0.2) is 4.39 Å². The zero-order valence-corrected chi connectivity index (χ0v) is 11.8. The zero-order chi connectivity index (χ0) is 15.3. The van der Waals surface area contributed by atoms with Crippen molar-refractivity contribution in [3.63, 3.8) is 0 Å². The molecule has 3 heterocycles. The van der Waals surface area contributed by atoms with Crippen LogP contribution in [0.4, 0.5) is 4.39 Å². The van der Waals surface area contributed by atoms with Crippen molar-refractivity contribution >= 4 is 16.8 Å². The number of aromatic nitrogens is 4. The first-order valence-electron chi connectivity index (χ1n) is 7.17. The Balaban J connectivity index is 1.97. The molecule has 0 atom stereocenters. The lowest BCUT2D eigenvalue weighted by molar-refractivity contribution is 0.0999. The fraction of sp³-hybridized carbons (Fsp3) is 0.267. The van der Waals surface area contributed by atoms with Crippen molar-refractivity contribution in [2.75, 3.05) is 0 Å². The van der Waals surface area contributed by atoms with Crippen LogP contribution in [0.2, 0.25) is 0 Å². The summed E-state index contributed by atoms with van der Waals surface area (Å²) in [5, 5.41) is 11.5. The number of nitrogens with one attached hydrogen (secondary N) is 1. The molecule has 3 N–H and O–H groups in total. The Morgan fingerprint density at radius 3 is 3.05 bits per heavy atom. The molecule has 0 bridgehead atoms. The molecule has 7 heteroatoms. The summed E-state index contributed by atoms with van der Waals surface area (Å²) in [5.74, 6) is -0.925. The molecule has 0 saturated heterocycles. The summed E-state index contributed by atoms with van der Waals surface area (Å²) in [4.78, 5) is 11.9. The molecule has 1 amide bonds. The van der Waals surface area contributed by atoms with Crippen LogP contribution in [0.25, 0.3) is 22.2 Å². The smallest absolute Gasteiger partial charge is 0.252 e. The van der Waals surface area contributed by atoms with Gasteiger partial charge in [-0.2, -0.15) is 10.2 Å². The quantitative estimate of drug-likeness (QED) is 0.758. The second-order valence-electron chi connectivity index (χ2n) is 5.50. The number of benzene rings is 1. The molecule has 0 unspecified atom stereocenters. The number of nitrogens with two attached hydrogens (primary N) is 1. The first-order valence-corrected chi connectivity index (χ1v) is 7.17. The third-order valence-corrected chi connectivity index (χ3v) is 4.12. The second-order valence-corrected chi connectivity index (χ2v) is 5.50. The maximum Gasteiger partial charge on any atom is 0.252 e. The number of carbonyl (C=O) groups is 1. The van der Waals surface area contributed by atoms with Crippen LogP contribution < -0.4 is 5.73 Å². The number of hydrogen-bond acceptors (Lipinski definition) is 3. The zero-order valence-electron chi connectivity index (χ0n) is 11.8. The number of rotatable bonds is 2. The minimum Gasteiger partial charge on any atom is -0.365 e. The van der Waals surface area contributed by atoms with Crippen molar-refractivity contribution in [3.8, 4) is 11.3 Å². The Morgan fingerprint density at radius 1 is 1.36 bits per heavy atom. The van der Waals surface area contributed by atoms with E-state index in [0.29, 0.717) is 27.7 Å². The van der Waals surface area contributed by atoms with Gasteiger partial charge in [-0.05, 0) is 31.4 Å². The number of halogens is 1. The molecule has 0 aliphatic carbocycles. The van der Waals surface area contributed by atoms with E-state index in [9.17, 15) is 9.18 Å². The summed E-state index contributed by atoms with van der Waals surface area (Å²) < 4.78 is 16.0. The molecule has 1 aliphatic rings. The molecule has 0 saturated carbocycles. The summed E-state index contributed by atoms with van der Waals surface area (Å²) in [5.41, 5.74) is 8.33. The molecular weight excluding hydrogens is 285 g/mol. The van der Waals surface area contributed by atoms with Gasteiger partial charge in [-0.3, -0.25) is 14.6 Å². The monoisotopic (exact) mass is 299 g/mol. The number of H-pyrrole nitrogens is 1.